The normalized spacial score (nSPS) is 10.2. The zero-order chi connectivity index (χ0) is 9.14. The highest BCUT2D eigenvalue weighted by molar-refractivity contribution is 9.09. The van der Waals surface area contributed by atoms with Crippen molar-refractivity contribution in [3.63, 3.8) is 0 Å². The maximum atomic E-state index is 9.38. The van der Waals surface area contributed by atoms with Crippen molar-refractivity contribution in [2.45, 2.75) is 20.3 Å². The zero-order valence-electron chi connectivity index (χ0n) is 7.39. The molecule has 0 spiro atoms. The van der Waals surface area contributed by atoms with Crippen LogP contribution in [0.1, 0.15) is 16.7 Å². The Morgan fingerprint density at radius 1 is 1.25 bits per heavy atom. The van der Waals surface area contributed by atoms with Gasteiger partial charge in [0.05, 0.1) is 0 Å². The van der Waals surface area contributed by atoms with Gasteiger partial charge >= 0.3 is 0 Å². The van der Waals surface area contributed by atoms with Crippen LogP contribution in [0.4, 0.5) is 0 Å². The second-order valence-corrected chi connectivity index (χ2v) is 3.73. The fourth-order valence-corrected chi connectivity index (χ4v) is 1.66. The van der Waals surface area contributed by atoms with Crippen LogP contribution >= 0.6 is 15.9 Å². The van der Waals surface area contributed by atoms with E-state index < -0.39 is 0 Å². The van der Waals surface area contributed by atoms with Crippen LogP contribution in [0.15, 0.2) is 12.1 Å². The van der Waals surface area contributed by atoms with E-state index in [1.807, 2.05) is 19.9 Å². The van der Waals surface area contributed by atoms with Crippen LogP contribution in [-0.2, 0) is 6.42 Å². The van der Waals surface area contributed by atoms with E-state index in [4.69, 9.17) is 0 Å². The number of hydrogen-bond acceptors (Lipinski definition) is 1. The molecule has 0 fully saturated rings. The molecule has 0 aliphatic carbocycles. The lowest BCUT2D eigenvalue weighted by atomic mass is 10.0. The minimum Gasteiger partial charge on any atom is -0.508 e. The summed E-state index contributed by atoms with van der Waals surface area (Å²) in [5.74, 6) is 0.394. The smallest absolute Gasteiger partial charge is 0.118 e. The summed E-state index contributed by atoms with van der Waals surface area (Å²) in [5, 5.41) is 10.4. The molecule has 0 radical (unpaired) electrons. The Hall–Kier alpha value is -0.500. The van der Waals surface area contributed by atoms with E-state index in [1.165, 1.54) is 11.1 Å². The zero-order valence-corrected chi connectivity index (χ0v) is 8.98. The van der Waals surface area contributed by atoms with E-state index in [0.29, 0.717) is 5.75 Å². The van der Waals surface area contributed by atoms with Gasteiger partial charge < -0.3 is 5.11 Å². The molecule has 1 aromatic carbocycles. The Labute approximate surface area is 81.6 Å². The monoisotopic (exact) mass is 228 g/mol. The van der Waals surface area contributed by atoms with Crippen molar-refractivity contribution in [1.29, 1.82) is 0 Å². The van der Waals surface area contributed by atoms with Crippen molar-refractivity contribution in [2.24, 2.45) is 0 Å². The Morgan fingerprint density at radius 2 is 1.92 bits per heavy atom. The van der Waals surface area contributed by atoms with E-state index >= 15 is 0 Å². The second kappa shape index (κ2) is 3.94. The first-order valence-corrected chi connectivity index (χ1v) is 5.13. The van der Waals surface area contributed by atoms with Crippen LogP contribution in [0, 0.1) is 13.8 Å². The van der Waals surface area contributed by atoms with Gasteiger partial charge in [-0.2, -0.15) is 0 Å². The second-order valence-electron chi connectivity index (χ2n) is 2.93. The van der Waals surface area contributed by atoms with Gasteiger partial charge in [0, 0.05) is 5.33 Å². The number of halogens is 1. The number of aromatic hydroxyl groups is 1. The molecule has 66 valence electrons. The highest BCUT2D eigenvalue weighted by Crippen LogP contribution is 2.23. The third-order valence-electron chi connectivity index (χ3n) is 2.23. The maximum absolute atomic E-state index is 9.38. The number of rotatable bonds is 2. The van der Waals surface area contributed by atoms with Crippen molar-refractivity contribution in [3.8, 4) is 5.75 Å². The van der Waals surface area contributed by atoms with Crippen LogP contribution in [0.5, 0.6) is 5.75 Å². The quantitative estimate of drug-likeness (QED) is 0.773. The number of phenolic OH excluding ortho intramolecular Hbond substituents is 1. The summed E-state index contributed by atoms with van der Waals surface area (Å²) in [6, 6.07) is 3.75. The number of aryl methyl sites for hydroxylation is 1. The number of benzene rings is 1. The van der Waals surface area contributed by atoms with Gasteiger partial charge in [-0.1, -0.05) is 22.0 Å². The number of alkyl halides is 1. The topological polar surface area (TPSA) is 20.2 Å². The number of phenols is 1. The van der Waals surface area contributed by atoms with Gasteiger partial charge in [0.15, 0.2) is 0 Å². The van der Waals surface area contributed by atoms with E-state index in [9.17, 15) is 5.11 Å². The third kappa shape index (κ3) is 1.81. The fourth-order valence-electron chi connectivity index (χ4n) is 1.24. The van der Waals surface area contributed by atoms with E-state index in [-0.39, 0.29) is 0 Å². The molecule has 0 aliphatic heterocycles. The molecule has 0 unspecified atom stereocenters. The first-order valence-electron chi connectivity index (χ1n) is 4.01. The highest BCUT2D eigenvalue weighted by atomic mass is 79.9. The lowest BCUT2D eigenvalue weighted by Gasteiger charge is -2.08. The molecule has 1 nitrogen and oxygen atoms in total. The summed E-state index contributed by atoms with van der Waals surface area (Å²) in [6.45, 7) is 4.00. The SMILES string of the molecule is Cc1c(O)ccc(CCBr)c1C. The van der Waals surface area contributed by atoms with Gasteiger partial charge in [-0.25, -0.2) is 0 Å². The van der Waals surface area contributed by atoms with Crippen molar-refractivity contribution < 1.29 is 5.11 Å². The molecule has 0 amide bonds. The first kappa shape index (κ1) is 9.59. The summed E-state index contributed by atoms with van der Waals surface area (Å²) in [6.07, 6.45) is 1.02. The first-order chi connectivity index (χ1) is 5.66. The molecule has 0 aliphatic rings. The van der Waals surface area contributed by atoms with Crippen molar-refractivity contribution in [3.05, 3.63) is 28.8 Å². The molecule has 0 atom stereocenters. The molecular weight excluding hydrogens is 216 g/mol. The Bertz CT molecular complexity index is 281. The minimum atomic E-state index is 0.394. The molecule has 1 rings (SSSR count). The molecule has 12 heavy (non-hydrogen) atoms. The molecule has 0 saturated heterocycles. The van der Waals surface area contributed by atoms with Crippen LogP contribution in [0.2, 0.25) is 0 Å². The molecule has 2 heteroatoms. The van der Waals surface area contributed by atoms with Crippen LogP contribution in [0.3, 0.4) is 0 Å². The molecule has 0 heterocycles. The van der Waals surface area contributed by atoms with Crippen LogP contribution in [-0.4, -0.2) is 10.4 Å². The summed E-state index contributed by atoms with van der Waals surface area (Å²) >= 11 is 3.40. The standard InChI is InChI=1S/C10H13BrO/c1-7-8(2)10(12)4-3-9(7)5-6-11/h3-4,12H,5-6H2,1-2H3. The molecular formula is C10H13BrO. The average Bonchev–Trinajstić information content (AvgIpc) is 2.07. The van der Waals surface area contributed by atoms with Crippen molar-refractivity contribution >= 4 is 15.9 Å². The highest BCUT2D eigenvalue weighted by Gasteiger charge is 2.03. The van der Waals surface area contributed by atoms with Gasteiger partial charge in [-0.05, 0) is 43.0 Å². The van der Waals surface area contributed by atoms with Crippen LogP contribution < -0.4 is 0 Å². The maximum Gasteiger partial charge on any atom is 0.118 e. The Kier molecular flexibility index (Phi) is 3.15. The molecule has 0 bridgehead atoms. The molecule has 1 N–H and O–H groups in total. The Balaban J connectivity index is 3.08. The average molecular weight is 229 g/mol. The molecule has 0 aromatic heterocycles. The lowest BCUT2D eigenvalue weighted by molar-refractivity contribution is 0.470. The molecule has 0 saturated carbocycles. The minimum absolute atomic E-state index is 0.394. The van der Waals surface area contributed by atoms with Gasteiger partial charge in [-0.15, -0.1) is 0 Å². The predicted octanol–water partition coefficient (Wildman–Crippen LogP) is 2.95. The number of hydrogen-bond donors (Lipinski definition) is 1. The van der Waals surface area contributed by atoms with Crippen molar-refractivity contribution in [1.82, 2.24) is 0 Å². The van der Waals surface area contributed by atoms with E-state index in [2.05, 4.69) is 15.9 Å². The lowest BCUT2D eigenvalue weighted by Crippen LogP contribution is -1.93. The molecule has 1 aromatic rings. The predicted molar refractivity (Wildman–Crippen MR) is 55.1 cm³/mol. The summed E-state index contributed by atoms with van der Waals surface area (Å²) < 4.78 is 0. The van der Waals surface area contributed by atoms with E-state index in [1.54, 1.807) is 6.07 Å². The largest absolute Gasteiger partial charge is 0.508 e. The van der Waals surface area contributed by atoms with Crippen LogP contribution in [0.25, 0.3) is 0 Å². The summed E-state index contributed by atoms with van der Waals surface area (Å²) in [7, 11) is 0. The summed E-state index contributed by atoms with van der Waals surface area (Å²) in [4.78, 5) is 0. The third-order valence-corrected chi connectivity index (χ3v) is 2.63. The van der Waals surface area contributed by atoms with Gasteiger partial charge in [-0.3, -0.25) is 0 Å². The van der Waals surface area contributed by atoms with Gasteiger partial charge in [0.25, 0.3) is 0 Å². The van der Waals surface area contributed by atoms with Crippen molar-refractivity contribution in [2.75, 3.05) is 5.33 Å². The van der Waals surface area contributed by atoms with Gasteiger partial charge in [0.2, 0.25) is 0 Å². The Morgan fingerprint density at radius 3 is 2.50 bits per heavy atom. The van der Waals surface area contributed by atoms with E-state index in [0.717, 1.165) is 17.3 Å². The summed E-state index contributed by atoms with van der Waals surface area (Å²) in [5.41, 5.74) is 3.50. The van der Waals surface area contributed by atoms with Gasteiger partial charge in [0.1, 0.15) is 5.75 Å². The fraction of sp³-hybridized carbons (Fsp3) is 0.400.